The lowest BCUT2D eigenvalue weighted by Crippen LogP contribution is -2.29. The minimum Gasteiger partial charge on any atom is -0.315 e. The number of hydrogen-bond acceptors (Lipinski definition) is 2. The molecule has 1 rings (SSSR count). The van der Waals surface area contributed by atoms with Crippen molar-refractivity contribution in [3.8, 4) is 0 Å². The predicted molar refractivity (Wildman–Crippen MR) is 78.6 cm³/mol. The predicted octanol–water partition coefficient (Wildman–Crippen LogP) is 2.86. The van der Waals surface area contributed by atoms with Crippen molar-refractivity contribution in [3.63, 3.8) is 0 Å². The van der Waals surface area contributed by atoms with Gasteiger partial charge < -0.3 is 10.2 Å². The summed E-state index contributed by atoms with van der Waals surface area (Å²) in [4.78, 5) is 2.25. The van der Waals surface area contributed by atoms with Gasteiger partial charge in [-0.3, -0.25) is 0 Å². The molecule has 0 heterocycles. The average molecular weight is 350 g/mol. The van der Waals surface area contributed by atoms with Crippen molar-refractivity contribution in [2.75, 3.05) is 26.7 Å². The van der Waals surface area contributed by atoms with Gasteiger partial charge in [0.1, 0.15) is 5.82 Å². The summed E-state index contributed by atoms with van der Waals surface area (Å²) in [6, 6.07) is 4.98. The number of nitrogens with one attached hydrogen (secondary N) is 1. The van der Waals surface area contributed by atoms with E-state index in [1.54, 1.807) is 6.07 Å². The van der Waals surface area contributed by atoms with Crippen LogP contribution in [-0.2, 0) is 6.54 Å². The first-order valence-corrected chi connectivity index (χ1v) is 7.04. The third kappa shape index (κ3) is 5.79. The summed E-state index contributed by atoms with van der Waals surface area (Å²) in [7, 11) is 2.09. The zero-order valence-electron chi connectivity index (χ0n) is 10.5. The van der Waals surface area contributed by atoms with Crippen molar-refractivity contribution < 1.29 is 4.39 Å². The molecule has 4 heteroatoms. The number of hydrogen-bond donors (Lipinski definition) is 1. The first kappa shape index (κ1) is 14.9. The van der Waals surface area contributed by atoms with Crippen molar-refractivity contribution >= 4 is 22.6 Å². The molecular weight excluding hydrogens is 330 g/mol. The number of likely N-dealkylation sites (N-methyl/N-ethyl adjacent to an activating group) is 1. The third-order valence-corrected chi connectivity index (χ3v) is 3.56. The van der Waals surface area contributed by atoms with Gasteiger partial charge in [0.05, 0.1) is 0 Å². The smallest absolute Gasteiger partial charge is 0.124 e. The molecule has 1 N–H and O–H groups in total. The van der Waals surface area contributed by atoms with E-state index in [0.717, 1.165) is 29.7 Å². The molecule has 0 saturated carbocycles. The first-order chi connectivity index (χ1) is 8.13. The highest BCUT2D eigenvalue weighted by molar-refractivity contribution is 14.1. The van der Waals surface area contributed by atoms with Crippen LogP contribution in [0.1, 0.15) is 18.9 Å². The van der Waals surface area contributed by atoms with Crippen molar-refractivity contribution in [1.82, 2.24) is 10.2 Å². The van der Waals surface area contributed by atoms with E-state index in [1.165, 1.54) is 18.1 Å². The van der Waals surface area contributed by atoms with Gasteiger partial charge >= 0.3 is 0 Å². The van der Waals surface area contributed by atoms with E-state index in [2.05, 4.69) is 46.8 Å². The van der Waals surface area contributed by atoms with Crippen LogP contribution in [0.5, 0.6) is 0 Å². The van der Waals surface area contributed by atoms with E-state index >= 15 is 0 Å². The summed E-state index contributed by atoms with van der Waals surface area (Å²) in [5, 5.41) is 3.37. The van der Waals surface area contributed by atoms with E-state index in [9.17, 15) is 4.39 Å². The zero-order valence-corrected chi connectivity index (χ0v) is 12.6. The van der Waals surface area contributed by atoms with E-state index < -0.39 is 0 Å². The molecule has 0 saturated heterocycles. The molecule has 0 aliphatic heterocycles. The molecule has 17 heavy (non-hydrogen) atoms. The quantitative estimate of drug-likeness (QED) is 0.601. The molecule has 0 atom stereocenters. The second kappa shape index (κ2) is 8.00. The molecule has 0 aliphatic rings. The van der Waals surface area contributed by atoms with Crippen LogP contribution in [0.3, 0.4) is 0 Å². The molecule has 0 bridgehead atoms. The molecule has 0 radical (unpaired) electrons. The summed E-state index contributed by atoms with van der Waals surface area (Å²) >= 11 is 2.19. The number of nitrogens with zero attached hydrogens (tertiary/aromatic N) is 1. The molecule has 0 amide bonds. The van der Waals surface area contributed by atoms with Crippen LogP contribution >= 0.6 is 22.6 Å². The average Bonchev–Trinajstić information content (AvgIpc) is 2.28. The van der Waals surface area contributed by atoms with Gasteiger partial charge in [-0.2, -0.15) is 0 Å². The zero-order chi connectivity index (χ0) is 12.7. The Hall–Kier alpha value is -0.200. The Kier molecular flexibility index (Phi) is 6.99. The topological polar surface area (TPSA) is 15.3 Å². The molecule has 0 aliphatic carbocycles. The molecule has 96 valence electrons. The maximum Gasteiger partial charge on any atom is 0.124 e. The normalized spacial score (nSPS) is 11.1. The highest BCUT2D eigenvalue weighted by Gasteiger charge is 2.04. The molecule has 0 spiro atoms. The van der Waals surface area contributed by atoms with Gasteiger partial charge in [-0.1, -0.05) is 13.0 Å². The van der Waals surface area contributed by atoms with Crippen molar-refractivity contribution in [2.24, 2.45) is 0 Å². The van der Waals surface area contributed by atoms with E-state index in [0.29, 0.717) is 0 Å². The van der Waals surface area contributed by atoms with Gasteiger partial charge in [0.25, 0.3) is 0 Å². The minimum atomic E-state index is -0.162. The van der Waals surface area contributed by atoms with Crippen molar-refractivity contribution in [1.29, 1.82) is 0 Å². The van der Waals surface area contributed by atoms with Crippen LogP contribution in [0.25, 0.3) is 0 Å². The third-order valence-electron chi connectivity index (χ3n) is 2.55. The highest BCUT2D eigenvalue weighted by atomic mass is 127. The van der Waals surface area contributed by atoms with Crippen LogP contribution in [0.15, 0.2) is 18.2 Å². The molecule has 0 unspecified atom stereocenters. The van der Waals surface area contributed by atoms with Gasteiger partial charge in [0, 0.05) is 23.2 Å². The molecule has 1 aromatic rings. The molecule has 2 nitrogen and oxygen atoms in total. The van der Waals surface area contributed by atoms with Gasteiger partial charge in [-0.05, 0) is 60.3 Å². The summed E-state index contributed by atoms with van der Waals surface area (Å²) in [5.41, 5.74) is 1.19. The molecular formula is C13H20FIN2. The summed E-state index contributed by atoms with van der Waals surface area (Å²) in [6.45, 7) is 6.11. The van der Waals surface area contributed by atoms with Gasteiger partial charge in [0.15, 0.2) is 0 Å². The summed E-state index contributed by atoms with van der Waals surface area (Å²) in [5.74, 6) is -0.162. The summed E-state index contributed by atoms with van der Waals surface area (Å²) in [6.07, 6.45) is 1.17. The molecule has 0 fully saturated rings. The van der Waals surface area contributed by atoms with Gasteiger partial charge in [0.2, 0.25) is 0 Å². The van der Waals surface area contributed by atoms with Crippen LogP contribution in [-0.4, -0.2) is 31.6 Å². The molecule has 1 aromatic carbocycles. The lowest BCUT2D eigenvalue weighted by atomic mass is 10.2. The lowest BCUT2D eigenvalue weighted by molar-refractivity contribution is 0.324. The SMILES string of the molecule is CCCNCCN(C)Cc1ccc(F)cc1I. The fourth-order valence-corrected chi connectivity index (χ4v) is 2.24. The maximum atomic E-state index is 12.9. The van der Waals surface area contributed by atoms with Crippen LogP contribution in [0.2, 0.25) is 0 Å². The van der Waals surface area contributed by atoms with E-state index in [4.69, 9.17) is 0 Å². The van der Waals surface area contributed by atoms with Crippen LogP contribution < -0.4 is 5.32 Å². The Morgan fingerprint density at radius 3 is 2.76 bits per heavy atom. The highest BCUT2D eigenvalue weighted by Crippen LogP contribution is 2.15. The van der Waals surface area contributed by atoms with Crippen molar-refractivity contribution in [3.05, 3.63) is 33.1 Å². The number of halogens is 2. The lowest BCUT2D eigenvalue weighted by Gasteiger charge is -2.17. The number of rotatable bonds is 7. The largest absolute Gasteiger partial charge is 0.315 e. The Morgan fingerprint density at radius 1 is 1.35 bits per heavy atom. The Labute approximate surface area is 117 Å². The Morgan fingerprint density at radius 2 is 2.12 bits per heavy atom. The monoisotopic (exact) mass is 350 g/mol. The maximum absolute atomic E-state index is 12.9. The van der Waals surface area contributed by atoms with Gasteiger partial charge in [-0.15, -0.1) is 0 Å². The van der Waals surface area contributed by atoms with E-state index in [-0.39, 0.29) is 5.82 Å². The first-order valence-electron chi connectivity index (χ1n) is 5.96. The fourth-order valence-electron chi connectivity index (χ4n) is 1.59. The van der Waals surface area contributed by atoms with Crippen molar-refractivity contribution in [2.45, 2.75) is 19.9 Å². The summed E-state index contributed by atoms with van der Waals surface area (Å²) < 4.78 is 13.9. The minimum absolute atomic E-state index is 0.162. The van der Waals surface area contributed by atoms with Gasteiger partial charge in [-0.25, -0.2) is 4.39 Å². The molecule has 0 aromatic heterocycles. The number of benzene rings is 1. The van der Waals surface area contributed by atoms with E-state index in [1.807, 2.05) is 6.07 Å². The standard InChI is InChI=1S/C13H20FIN2/c1-3-6-16-7-8-17(2)10-11-4-5-12(14)9-13(11)15/h4-5,9,16H,3,6-8,10H2,1-2H3. The van der Waals surface area contributed by atoms with Crippen LogP contribution in [0.4, 0.5) is 4.39 Å². The Balaban J connectivity index is 2.37. The second-order valence-electron chi connectivity index (χ2n) is 4.22. The second-order valence-corrected chi connectivity index (χ2v) is 5.39. The fraction of sp³-hybridized carbons (Fsp3) is 0.538. The Bertz CT molecular complexity index is 344. The van der Waals surface area contributed by atoms with Crippen LogP contribution in [0, 0.1) is 9.39 Å².